The smallest absolute Gasteiger partial charge is 0.326 e. The summed E-state index contributed by atoms with van der Waals surface area (Å²) in [7, 11) is 0. The second-order valence-electron chi connectivity index (χ2n) is 15.9. The minimum absolute atomic E-state index is 0.0552. The van der Waals surface area contributed by atoms with Gasteiger partial charge in [-0.2, -0.15) is 0 Å². The summed E-state index contributed by atoms with van der Waals surface area (Å²) in [6, 6.07) is 11.0. The first kappa shape index (κ1) is 44.4. The van der Waals surface area contributed by atoms with Crippen LogP contribution in [0.3, 0.4) is 0 Å². The van der Waals surface area contributed by atoms with Crippen molar-refractivity contribution in [3.63, 3.8) is 0 Å². The summed E-state index contributed by atoms with van der Waals surface area (Å²) < 4.78 is 0. The van der Waals surface area contributed by atoms with E-state index in [1.807, 2.05) is 52.0 Å². The number of hydrogen-bond acceptors (Lipinski definition) is 8. The quantitative estimate of drug-likeness (QED) is 0.129. The zero-order chi connectivity index (χ0) is 41.8. The van der Waals surface area contributed by atoms with Crippen molar-refractivity contribution in [1.82, 2.24) is 31.1 Å². The molecule has 2 aromatic carbocycles. The fourth-order valence-electron chi connectivity index (χ4n) is 7.34. The van der Waals surface area contributed by atoms with Crippen molar-refractivity contribution in [2.75, 3.05) is 13.1 Å². The van der Waals surface area contributed by atoms with Gasteiger partial charge in [-0.05, 0) is 62.0 Å². The highest BCUT2D eigenvalue weighted by atomic mass is 16.4. The number of amides is 6. The molecule has 2 saturated heterocycles. The van der Waals surface area contributed by atoms with Crippen molar-refractivity contribution in [2.24, 2.45) is 17.6 Å². The van der Waals surface area contributed by atoms with Gasteiger partial charge in [-0.1, -0.05) is 88.4 Å². The average molecular weight is 790 g/mol. The molecular weight excluding hydrogens is 731 g/mol. The first-order chi connectivity index (χ1) is 27.1. The Balaban J connectivity index is 1.45. The Morgan fingerprint density at radius 1 is 0.649 bits per heavy atom. The van der Waals surface area contributed by atoms with Crippen molar-refractivity contribution in [3.8, 4) is 0 Å². The van der Waals surface area contributed by atoms with Crippen molar-refractivity contribution >= 4 is 41.4 Å². The molecule has 0 radical (unpaired) electrons. The van der Waals surface area contributed by atoms with Gasteiger partial charge in [-0.15, -0.1) is 0 Å². The van der Waals surface area contributed by atoms with E-state index in [-0.39, 0.29) is 31.2 Å². The van der Waals surface area contributed by atoms with Crippen molar-refractivity contribution < 1.29 is 38.7 Å². The van der Waals surface area contributed by atoms with Gasteiger partial charge in [0.2, 0.25) is 35.4 Å². The number of carbonyl (C=O) groups excluding carboxylic acids is 6. The van der Waals surface area contributed by atoms with Gasteiger partial charge in [0, 0.05) is 25.9 Å². The number of carbonyl (C=O) groups is 7. The maximum absolute atomic E-state index is 14.0. The minimum atomic E-state index is -1.20. The Hall–Kier alpha value is -5.31. The van der Waals surface area contributed by atoms with E-state index in [0.717, 1.165) is 11.1 Å². The van der Waals surface area contributed by atoms with Gasteiger partial charge in [-0.3, -0.25) is 28.8 Å². The lowest BCUT2D eigenvalue weighted by Crippen LogP contribution is -2.59. The Labute approximate surface area is 334 Å². The monoisotopic (exact) mass is 789 g/mol. The largest absolute Gasteiger partial charge is 0.480 e. The molecule has 0 saturated carbocycles. The van der Waals surface area contributed by atoms with Crippen LogP contribution in [-0.2, 0) is 46.4 Å². The zero-order valence-electron chi connectivity index (χ0n) is 33.6. The van der Waals surface area contributed by atoms with E-state index in [1.54, 1.807) is 36.4 Å². The lowest BCUT2D eigenvalue weighted by molar-refractivity contribution is -0.145. The first-order valence-electron chi connectivity index (χ1n) is 20.0. The van der Waals surface area contributed by atoms with Gasteiger partial charge >= 0.3 is 5.97 Å². The number of carboxylic acid groups (broad SMARTS) is 1. The predicted octanol–water partition coefficient (Wildman–Crippen LogP) is 1.53. The maximum Gasteiger partial charge on any atom is 0.326 e. The molecule has 0 aliphatic carbocycles. The molecule has 57 heavy (non-hydrogen) atoms. The van der Waals surface area contributed by atoms with Crippen LogP contribution in [0.25, 0.3) is 0 Å². The molecule has 0 aromatic heterocycles. The van der Waals surface area contributed by atoms with Gasteiger partial charge < -0.3 is 41.9 Å². The molecule has 15 heteroatoms. The van der Waals surface area contributed by atoms with Crippen LogP contribution in [0, 0.1) is 11.8 Å². The van der Waals surface area contributed by atoms with E-state index < -0.39 is 83.7 Å². The fourth-order valence-corrected chi connectivity index (χ4v) is 7.34. The van der Waals surface area contributed by atoms with Crippen LogP contribution in [0.15, 0.2) is 60.7 Å². The fraction of sp³-hybridized carbons (Fsp3) is 0.548. The number of nitrogens with two attached hydrogens (primary N) is 1. The van der Waals surface area contributed by atoms with Crippen LogP contribution in [0.4, 0.5) is 0 Å². The van der Waals surface area contributed by atoms with Crippen molar-refractivity contribution in [3.05, 3.63) is 71.8 Å². The number of benzene rings is 2. The van der Waals surface area contributed by atoms with Crippen LogP contribution in [0.2, 0.25) is 0 Å². The van der Waals surface area contributed by atoms with E-state index in [1.165, 1.54) is 16.7 Å². The van der Waals surface area contributed by atoms with Crippen LogP contribution in [0.1, 0.15) is 77.8 Å². The zero-order valence-corrected chi connectivity index (χ0v) is 33.6. The highest BCUT2D eigenvalue weighted by molar-refractivity contribution is 5.97. The molecule has 2 aliphatic heterocycles. The summed E-state index contributed by atoms with van der Waals surface area (Å²) in [5, 5.41) is 20.8. The summed E-state index contributed by atoms with van der Waals surface area (Å²) in [6.45, 7) is 9.53. The molecule has 0 bridgehead atoms. The molecular formula is C42H59N7O8. The number of aliphatic carboxylic acids is 1. The maximum atomic E-state index is 14.0. The van der Waals surface area contributed by atoms with Gasteiger partial charge in [-0.25, -0.2) is 4.79 Å². The second kappa shape index (κ2) is 20.7. The van der Waals surface area contributed by atoms with E-state index in [9.17, 15) is 38.7 Å². The van der Waals surface area contributed by atoms with Gasteiger partial charge in [0.25, 0.3) is 0 Å². The molecule has 2 fully saturated rings. The van der Waals surface area contributed by atoms with Crippen LogP contribution in [0.5, 0.6) is 0 Å². The van der Waals surface area contributed by atoms with E-state index in [0.29, 0.717) is 38.6 Å². The number of nitrogens with one attached hydrogen (secondary N) is 4. The van der Waals surface area contributed by atoms with E-state index in [4.69, 9.17) is 5.73 Å². The minimum Gasteiger partial charge on any atom is -0.480 e. The van der Waals surface area contributed by atoms with Crippen molar-refractivity contribution in [2.45, 2.75) is 122 Å². The first-order valence-corrected chi connectivity index (χ1v) is 20.0. The van der Waals surface area contributed by atoms with Crippen molar-refractivity contribution in [1.29, 1.82) is 0 Å². The lowest BCUT2D eigenvalue weighted by atomic mass is 9.99. The SMILES string of the molecule is CC(C)C[C@H](NC(=O)[C@@H](N)C(C)C)C(=O)N1CCC[C@H]1C(=O)N[C@@H](Cc1ccccc1)C(=O)N[C@@H](C)C(=O)N1CCC[C@H]1C(=O)N[C@@H](Cc1ccccc1)C(=O)O. The Kier molecular flexibility index (Phi) is 16.2. The van der Waals surface area contributed by atoms with Crippen LogP contribution in [-0.4, -0.2) is 112 Å². The molecule has 15 nitrogen and oxygen atoms in total. The molecule has 7 atom stereocenters. The highest BCUT2D eigenvalue weighted by Gasteiger charge is 2.41. The Morgan fingerprint density at radius 3 is 1.60 bits per heavy atom. The number of rotatable bonds is 18. The summed E-state index contributed by atoms with van der Waals surface area (Å²) in [5.74, 6) is -4.42. The molecule has 0 unspecified atom stereocenters. The molecule has 4 rings (SSSR count). The number of likely N-dealkylation sites (tertiary alicyclic amines) is 2. The lowest BCUT2D eigenvalue weighted by Gasteiger charge is -2.31. The average Bonchev–Trinajstić information content (AvgIpc) is 3.88. The summed E-state index contributed by atoms with van der Waals surface area (Å²) in [4.78, 5) is 96.8. The van der Waals surface area contributed by atoms with E-state index in [2.05, 4.69) is 21.3 Å². The summed E-state index contributed by atoms with van der Waals surface area (Å²) in [6.07, 6.45) is 2.24. The normalized spacial score (nSPS) is 19.3. The molecule has 2 aliphatic rings. The van der Waals surface area contributed by atoms with Gasteiger partial charge in [0.15, 0.2) is 0 Å². The Bertz CT molecular complexity index is 1720. The van der Waals surface area contributed by atoms with Gasteiger partial charge in [0.05, 0.1) is 6.04 Å². The standard InChI is InChI=1S/C42H59N7O8/c1-25(2)22-31(46-39(53)35(43)26(3)4)41(55)49-21-13-19-34(49)37(51)45-30(23-28-14-8-6-9-15-28)36(50)44-27(5)40(54)48-20-12-18-33(48)38(52)47-32(42(56)57)24-29-16-10-7-11-17-29/h6-11,14-17,25-27,30-35H,12-13,18-24,43H2,1-5H3,(H,44,50)(H,45,51)(H,46,53)(H,47,52)(H,56,57)/t27-,30-,31-,32-,33-,34-,35-/m0/s1. The molecule has 0 spiro atoms. The number of nitrogens with zero attached hydrogens (tertiary/aromatic N) is 2. The summed E-state index contributed by atoms with van der Waals surface area (Å²) in [5.41, 5.74) is 7.55. The third kappa shape index (κ3) is 12.3. The molecule has 2 aromatic rings. The Morgan fingerprint density at radius 2 is 1.12 bits per heavy atom. The van der Waals surface area contributed by atoms with E-state index >= 15 is 0 Å². The molecule has 7 N–H and O–H groups in total. The van der Waals surface area contributed by atoms with Crippen LogP contribution < -0.4 is 27.0 Å². The number of hydrogen-bond donors (Lipinski definition) is 6. The molecule has 6 amide bonds. The highest BCUT2D eigenvalue weighted by Crippen LogP contribution is 2.22. The molecule has 2 heterocycles. The predicted molar refractivity (Wildman–Crippen MR) is 213 cm³/mol. The molecule has 310 valence electrons. The van der Waals surface area contributed by atoms with Crippen LogP contribution >= 0.6 is 0 Å². The third-order valence-corrected chi connectivity index (χ3v) is 10.6. The second-order valence-corrected chi connectivity index (χ2v) is 15.9. The summed E-state index contributed by atoms with van der Waals surface area (Å²) >= 11 is 0. The topological polar surface area (TPSA) is 220 Å². The van der Waals surface area contributed by atoms with Gasteiger partial charge in [0.1, 0.15) is 36.3 Å². The third-order valence-electron chi connectivity index (χ3n) is 10.6. The number of carboxylic acids is 1.